The second kappa shape index (κ2) is 10.5. The highest BCUT2D eigenvalue weighted by Gasteiger charge is 2.21. The summed E-state index contributed by atoms with van der Waals surface area (Å²) in [6.07, 6.45) is 5.56. The maximum Gasteiger partial charge on any atom is 0.230 e. The quantitative estimate of drug-likeness (QED) is 0.547. The predicted octanol–water partition coefficient (Wildman–Crippen LogP) is 3.08. The molecule has 0 saturated carbocycles. The lowest BCUT2D eigenvalue weighted by Crippen LogP contribution is -2.45. The van der Waals surface area contributed by atoms with Crippen LogP contribution in [0.25, 0.3) is 11.4 Å². The third kappa shape index (κ3) is 5.71. The number of piperidine rings is 1. The first-order valence-electron chi connectivity index (χ1n) is 10.7. The zero-order valence-corrected chi connectivity index (χ0v) is 18.6. The third-order valence-corrected chi connectivity index (χ3v) is 6.52. The summed E-state index contributed by atoms with van der Waals surface area (Å²) in [6, 6.07) is 14.3. The molecule has 1 aliphatic rings. The fraction of sp³-hybridized carbons (Fsp3) is 0.391. The number of nitrogens with zero attached hydrogens (tertiary/aromatic N) is 5. The number of aromatic nitrogens is 4. The number of pyridine rings is 1. The van der Waals surface area contributed by atoms with E-state index in [4.69, 9.17) is 0 Å². The second-order valence-corrected chi connectivity index (χ2v) is 8.63. The van der Waals surface area contributed by atoms with Crippen LogP contribution in [-0.2, 0) is 11.3 Å². The molecule has 2 aromatic heterocycles. The Balaban J connectivity index is 1.44. The maximum absolute atomic E-state index is 12.6. The zero-order chi connectivity index (χ0) is 21.5. The molecule has 0 unspecified atom stereocenters. The summed E-state index contributed by atoms with van der Waals surface area (Å²) in [5, 5.41) is 12.7. The molecule has 1 amide bonds. The SMILES string of the molecule is CCN1CCC(NC(=O)CSc2nnc(-c3cccnc3)n2Cc2ccccc2)CC1. The van der Waals surface area contributed by atoms with Crippen molar-refractivity contribution in [3.8, 4) is 11.4 Å². The van der Waals surface area contributed by atoms with Crippen molar-refractivity contribution in [2.24, 2.45) is 0 Å². The number of hydrogen-bond acceptors (Lipinski definition) is 6. The van der Waals surface area contributed by atoms with Crippen molar-refractivity contribution >= 4 is 17.7 Å². The topological polar surface area (TPSA) is 75.9 Å². The Morgan fingerprint density at radius 3 is 2.65 bits per heavy atom. The Morgan fingerprint density at radius 1 is 1.13 bits per heavy atom. The third-order valence-electron chi connectivity index (χ3n) is 5.55. The molecule has 1 aliphatic heterocycles. The lowest BCUT2D eigenvalue weighted by molar-refractivity contribution is -0.119. The molecule has 1 N–H and O–H groups in total. The summed E-state index contributed by atoms with van der Waals surface area (Å²) < 4.78 is 2.06. The van der Waals surface area contributed by atoms with E-state index < -0.39 is 0 Å². The van der Waals surface area contributed by atoms with Crippen molar-refractivity contribution in [2.45, 2.75) is 37.5 Å². The van der Waals surface area contributed by atoms with Crippen LogP contribution >= 0.6 is 11.8 Å². The van der Waals surface area contributed by atoms with Gasteiger partial charge < -0.3 is 10.2 Å². The molecule has 0 atom stereocenters. The van der Waals surface area contributed by atoms with Crippen LogP contribution in [-0.4, -0.2) is 62.0 Å². The molecule has 0 spiro atoms. The van der Waals surface area contributed by atoms with E-state index >= 15 is 0 Å². The van der Waals surface area contributed by atoms with E-state index in [0.29, 0.717) is 12.3 Å². The first-order chi connectivity index (χ1) is 15.2. The largest absolute Gasteiger partial charge is 0.353 e. The molecule has 7 nitrogen and oxygen atoms in total. The van der Waals surface area contributed by atoms with Gasteiger partial charge in [0, 0.05) is 37.1 Å². The van der Waals surface area contributed by atoms with Gasteiger partial charge in [0.1, 0.15) is 0 Å². The van der Waals surface area contributed by atoms with Crippen LogP contribution in [0.5, 0.6) is 0 Å². The van der Waals surface area contributed by atoms with Gasteiger partial charge in [-0.2, -0.15) is 0 Å². The van der Waals surface area contributed by atoms with Gasteiger partial charge in [-0.25, -0.2) is 0 Å². The van der Waals surface area contributed by atoms with E-state index in [1.54, 1.807) is 12.4 Å². The monoisotopic (exact) mass is 436 g/mol. The van der Waals surface area contributed by atoms with Crippen molar-refractivity contribution in [3.05, 3.63) is 60.4 Å². The molecule has 1 saturated heterocycles. The molecule has 4 rings (SSSR count). The van der Waals surface area contributed by atoms with E-state index in [0.717, 1.165) is 54.6 Å². The summed E-state index contributed by atoms with van der Waals surface area (Å²) in [4.78, 5) is 19.2. The number of carbonyl (C=O) groups is 1. The minimum Gasteiger partial charge on any atom is -0.353 e. The molecular formula is C23H28N6OS. The molecule has 3 aromatic rings. The van der Waals surface area contributed by atoms with Crippen molar-refractivity contribution in [1.82, 2.24) is 30.0 Å². The highest BCUT2D eigenvalue weighted by Crippen LogP contribution is 2.25. The van der Waals surface area contributed by atoms with E-state index in [-0.39, 0.29) is 11.9 Å². The van der Waals surface area contributed by atoms with Gasteiger partial charge in [-0.3, -0.25) is 14.3 Å². The van der Waals surface area contributed by atoms with Crippen LogP contribution in [0.3, 0.4) is 0 Å². The van der Waals surface area contributed by atoms with E-state index in [1.165, 1.54) is 11.8 Å². The summed E-state index contributed by atoms with van der Waals surface area (Å²) in [6.45, 7) is 5.99. The minimum atomic E-state index is 0.0529. The number of benzene rings is 1. The number of nitrogens with one attached hydrogen (secondary N) is 1. The van der Waals surface area contributed by atoms with Gasteiger partial charge in [0.15, 0.2) is 11.0 Å². The van der Waals surface area contributed by atoms with Crippen LogP contribution in [0.2, 0.25) is 0 Å². The van der Waals surface area contributed by atoms with Crippen LogP contribution in [0, 0.1) is 0 Å². The molecular weight excluding hydrogens is 408 g/mol. The maximum atomic E-state index is 12.6. The first kappa shape index (κ1) is 21.5. The zero-order valence-electron chi connectivity index (χ0n) is 17.8. The number of amides is 1. The molecule has 0 bridgehead atoms. The minimum absolute atomic E-state index is 0.0529. The van der Waals surface area contributed by atoms with Crippen LogP contribution in [0.1, 0.15) is 25.3 Å². The highest BCUT2D eigenvalue weighted by molar-refractivity contribution is 7.99. The average molecular weight is 437 g/mol. The Bertz CT molecular complexity index is 970. The highest BCUT2D eigenvalue weighted by atomic mass is 32.2. The summed E-state index contributed by atoms with van der Waals surface area (Å²) in [5.41, 5.74) is 2.06. The van der Waals surface area contributed by atoms with E-state index in [2.05, 4.69) is 49.0 Å². The van der Waals surface area contributed by atoms with Gasteiger partial charge in [0.2, 0.25) is 5.91 Å². The van der Waals surface area contributed by atoms with E-state index in [1.807, 2.05) is 30.3 Å². The van der Waals surface area contributed by atoms with Gasteiger partial charge >= 0.3 is 0 Å². The lowest BCUT2D eigenvalue weighted by atomic mass is 10.1. The van der Waals surface area contributed by atoms with Crippen molar-refractivity contribution in [1.29, 1.82) is 0 Å². The number of likely N-dealkylation sites (tertiary alicyclic amines) is 1. The second-order valence-electron chi connectivity index (χ2n) is 7.68. The number of thioether (sulfide) groups is 1. The van der Waals surface area contributed by atoms with Crippen LogP contribution in [0.15, 0.2) is 60.0 Å². The molecule has 31 heavy (non-hydrogen) atoms. The van der Waals surface area contributed by atoms with Crippen LogP contribution < -0.4 is 5.32 Å². The number of carbonyl (C=O) groups excluding carboxylic acids is 1. The van der Waals surface area contributed by atoms with Gasteiger partial charge in [-0.15, -0.1) is 10.2 Å². The molecule has 1 aromatic carbocycles. The van der Waals surface area contributed by atoms with Gasteiger partial charge in [0.05, 0.1) is 12.3 Å². The van der Waals surface area contributed by atoms with Gasteiger partial charge in [0.25, 0.3) is 0 Å². The molecule has 162 valence electrons. The first-order valence-corrected chi connectivity index (χ1v) is 11.7. The fourth-order valence-electron chi connectivity index (χ4n) is 3.81. The Hall–Kier alpha value is -2.71. The molecule has 0 radical (unpaired) electrons. The lowest BCUT2D eigenvalue weighted by Gasteiger charge is -2.31. The normalized spacial score (nSPS) is 15.1. The Morgan fingerprint density at radius 2 is 1.94 bits per heavy atom. The number of rotatable bonds is 8. The molecule has 8 heteroatoms. The van der Waals surface area contributed by atoms with Gasteiger partial charge in [-0.05, 0) is 37.1 Å². The molecule has 0 aliphatic carbocycles. The Kier molecular flexibility index (Phi) is 7.32. The summed E-state index contributed by atoms with van der Waals surface area (Å²) >= 11 is 1.43. The fourth-order valence-corrected chi connectivity index (χ4v) is 4.55. The van der Waals surface area contributed by atoms with Crippen molar-refractivity contribution < 1.29 is 4.79 Å². The predicted molar refractivity (Wildman–Crippen MR) is 123 cm³/mol. The Labute approximate surface area is 187 Å². The number of hydrogen-bond donors (Lipinski definition) is 1. The van der Waals surface area contributed by atoms with Crippen molar-refractivity contribution in [2.75, 3.05) is 25.4 Å². The molecule has 1 fully saturated rings. The average Bonchev–Trinajstić information content (AvgIpc) is 3.22. The summed E-state index contributed by atoms with van der Waals surface area (Å²) in [5.74, 6) is 1.14. The molecule has 3 heterocycles. The smallest absolute Gasteiger partial charge is 0.230 e. The van der Waals surface area contributed by atoms with E-state index in [9.17, 15) is 4.79 Å². The van der Waals surface area contributed by atoms with Crippen LogP contribution in [0.4, 0.5) is 0 Å². The van der Waals surface area contributed by atoms with Crippen molar-refractivity contribution in [3.63, 3.8) is 0 Å². The summed E-state index contributed by atoms with van der Waals surface area (Å²) in [7, 11) is 0. The van der Waals surface area contributed by atoms with Gasteiger partial charge in [-0.1, -0.05) is 49.0 Å². The standard InChI is InChI=1S/C23H28N6OS/c1-2-28-13-10-20(11-14-28)25-21(30)17-31-23-27-26-22(19-9-6-12-24-15-19)29(23)16-18-7-4-3-5-8-18/h3-9,12,15,20H,2,10-11,13-14,16-17H2,1H3,(H,25,30).